The maximum absolute atomic E-state index is 13.2. The number of hydrogen-bond acceptors (Lipinski definition) is 5. The number of amides is 3. The van der Waals surface area contributed by atoms with Gasteiger partial charge in [-0.25, -0.2) is 4.98 Å². The number of carbonyl (C=O) groups is 3. The average molecular weight is 427 g/mol. The number of anilines is 3. The molecule has 3 N–H and O–H groups in total. The van der Waals surface area contributed by atoms with Gasteiger partial charge in [-0.3, -0.25) is 19.7 Å². The maximum atomic E-state index is 13.2. The van der Waals surface area contributed by atoms with E-state index in [2.05, 4.69) is 20.6 Å². The van der Waals surface area contributed by atoms with Crippen LogP contribution in [0, 0.1) is 0 Å². The number of hydrogen-bond donors (Lipinski definition) is 3. The Morgan fingerprint density at radius 2 is 2.00 bits per heavy atom. The molecule has 0 saturated carbocycles. The summed E-state index contributed by atoms with van der Waals surface area (Å²) >= 11 is 0. The number of pyridine rings is 1. The van der Waals surface area contributed by atoms with E-state index in [0.29, 0.717) is 18.4 Å². The van der Waals surface area contributed by atoms with Crippen molar-refractivity contribution in [2.75, 3.05) is 10.2 Å². The number of nitrogens with zero attached hydrogens (tertiary/aromatic N) is 2. The molecule has 0 spiro atoms. The first-order valence-corrected chi connectivity index (χ1v) is 10.4. The molecule has 1 atom stereocenters. The Hall–Kier alpha value is -4.20. The number of imide groups is 1. The molecule has 0 aliphatic carbocycles. The van der Waals surface area contributed by atoms with Gasteiger partial charge in [0.25, 0.3) is 5.91 Å². The molecule has 3 amide bonds. The van der Waals surface area contributed by atoms with Gasteiger partial charge in [0, 0.05) is 52.3 Å². The van der Waals surface area contributed by atoms with E-state index in [9.17, 15) is 14.4 Å². The number of carbonyl (C=O) groups excluding carboxylic acids is 3. The van der Waals surface area contributed by atoms with Crippen LogP contribution in [0.5, 0.6) is 0 Å². The molecule has 1 unspecified atom stereocenters. The van der Waals surface area contributed by atoms with E-state index in [4.69, 9.17) is 0 Å². The fourth-order valence-electron chi connectivity index (χ4n) is 4.36. The molecular weight excluding hydrogens is 406 g/mol. The summed E-state index contributed by atoms with van der Waals surface area (Å²) in [5.41, 5.74) is 4.07. The summed E-state index contributed by atoms with van der Waals surface area (Å²) in [6.45, 7) is 1.91. The van der Waals surface area contributed by atoms with Gasteiger partial charge in [0.1, 0.15) is 5.65 Å². The van der Waals surface area contributed by atoms with Gasteiger partial charge in [0.2, 0.25) is 12.3 Å². The third-order valence-corrected chi connectivity index (χ3v) is 5.90. The van der Waals surface area contributed by atoms with Crippen LogP contribution in [0.15, 0.2) is 54.9 Å². The Bertz CT molecular complexity index is 1380. The van der Waals surface area contributed by atoms with E-state index in [1.807, 2.05) is 55.6 Å². The minimum Gasteiger partial charge on any atom is -0.353 e. The quantitative estimate of drug-likeness (QED) is 0.388. The van der Waals surface area contributed by atoms with Gasteiger partial charge in [-0.1, -0.05) is 12.1 Å². The van der Waals surface area contributed by atoms with Crippen LogP contribution in [0.25, 0.3) is 21.8 Å². The van der Waals surface area contributed by atoms with Crippen molar-refractivity contribution in [1.29, 1.82) is 0 Å². The van der Waals surface area contributed by atoms with E-state index >= 15 is 0 Å². The van der Waals surface area contributed by atoms with Crippen LogP contribution in [0.1, 0.15) is 30.1 Å². The van der Waals surface area contributed by atoms with Gasteiger partial charge >= 0.3 is 0 Å². The Balaban J connectivity index is 1.50. The lowest BCUT2D eigenvalue weighted by Gasteiger charge is -2.25. The van der Waals surface area contributed by atoms with Crippen molar-refractivity contribution in [3.63, 3.8) is 0 Å². The molecule has 0 bridgehead atoms. The lowest BCUT2D eigenvalue weighted by atomic mass is 10.0. The highest BCUT2D eigenvalue weighted by molar-refractivity contribution is 6.27. The topological polar surface area (TPSA) is 107 Å². The van der Waals surface area contributed by atoms with Crippen molar-refractivity contribution in [1.82, 2.24) is 15.3 Å². The number of aromatic amines is 1. The average Bonchev–Trinajstić information content (AvgIpc) is 3.34. The highest BCUT2D eigenvalue weighted by atomic mass is 16.2. The van der Waals surface area contributed by atoms with E-state index in [-0.39, 0.29) is 24.3 Å². The molecule has 4 aromatic rings. The largest absolute Gasteiger partial charge is 0.353 e. The van der Waals surface area contributed by atoms with Crippen LogP contribution in [-0.4, -0.2) is 34.2 Å². The summed E-state index contributed by atoms with van der Waals surface area (Å²) in [6.07, 6.45) is 4.61. The molecule has 2 aromatic heterocycles. The number of benzene rings is 2. The number of fused-ring (bicyclic) bond motifs is 1. The van der Waals surface area contributed by atoms with Gasteiger partial charge in [-0.2, -0.15) is 0 Å². The molecule has 8 nitrogen and oxygen atoms in total. The predicted molar refractivity (Wildman–Crippen MR) is 123 cm³/mol. The molecule has 0 fully saturated rings. The summed E-state index contributed by atoms with van der Waals surface area (Å²) in [7, 11) is 0. The molecule has 0 saturated heterocycles. The smallest absolute Gasteiger partial charge is 0.259 e. The van der Waals surface area contributed by atoms with Crippen molar-refractivity contribution >= 4 is 57.1 Å². The molecule has 0 radical (unpaired) electrons. The van der Waals surface area contributed by atoms with Crippen LogP contribution < -0.4 is 15.5 Å². The highest BCUT2D eigenvalue weighted by Gasteiger charge is 2.33. The van der Waals surface area contributed by atoms with Crippen LogP contribution in [0.3, 0.4) is 0 Å². The molecule has 32 heavy (non-hydrogen) atoms. The van der Waals surface area contributed by atoms with Gasteiger partial charge in [-0.05, 0) is 43.7 Å². The normalized spacial score (nSPS) is 13.5. The molecule has 1 aliphatic rings. The second kappa shape index (κ2) is 7.81. The third kappa shape index (κ3) is 3.17. The van der Waals surface area contributed by atoms with Crippen LogP contribution in [-0.2, 0) is 9.59 Å². The van der Waals surface area contributed by atoms with Crippen molar-refractivity contribution in [3.05, 3.63) is 60.4 Å². The molecule has 5 rings (SSSR count). The first-order valence-electron chi connectivity index (χ1n) is 10.4. The summed E-state index contributed by atoms with van der Waals surface area (Å²) in [4.78, 5) is 44.6. The van der Waals surface area contributed by atoms with Gasteiger partial charge in [0.05, 0.1) is 11.4 Å². The van der Waals surface area contributed by atoms with Crippen molar-refractivity contribution in [2.24, 2.45) is 0 Å². The van der Waals surface area contributed by atoms with Gasteiger partial charge in [-0.15, -0.1) is 0 Å². The molecule has 3 heterocycles. The first-order chi connectivity index (χ1) is 15.6. The Kier molecular flexibility index (Phi) is 4.82. The van der Waals surface area contributed by atoms with E-state index < -0.39 is 0 Å². The lowest BCUT2D eigenvalue weighted by Crippen LogP contribution is -2.36. The third-order valence-electron chi connectivity index (χ3n) is 5.90. The summed E-state index contributed by atoms with van der Waals surface area (Å²) in [5, 5.41) is 8.44. The standard InChI is InChI=1S/C24H21N5O3/c1-14(7-10-21(31)27-13-30)29-20-9-8-18(15-4-2-5-17(22(15)20)24(29)32)28-19-12-26-23-16(19)6-3-11-25-23/h2-6,8-9,11-14,28H,7,10H2,1H3,(H,25,26)(H,27,30,31). The summed E-state index contributed by atoms with van der Waals surface area (Å²) < 4.78 is 0. The van der Waals surface area contributed by atoms with Crippen molar-refractivity contribution < 1.29 is 14.4 Å². The SMILES string of the molecule is CC(CCC(=O)NC=O)N1C(=O)c2cccc3c(Nc4c[nH]c5ncccc45)ccc1c23. The summed E-state index contributed by atoms with van der Waals surface area (Å²) in [5.74, 6) is -0.434. The van der Waals surface area contributed by atoms with Gasteiger partial charge < -0.3 is 15.2 Å². The monoisotopic (exact) mass is 427 g/mol. The minimum absolute atomic E-state index is 0.0812. The Morgan fingerprint density at radius 3 is 2.84 bits per heavy atom. The fraction of sp³-hybridized carbons (Fsp3) is 0.167. The molecule has 160 valence electrons. The minimum atomic E-state index is -0.353. The van der Waals surface area contributed by atoms with Crippen LogP contribution in [0.2, 0.25) is 0 Å². The highest BCUT2D eigenvalue weighted by Crippen LogP contribution is 2.43. The number of nitrogens with one attached hydrogen (secondary N) is 3. The van der Waals surface area contributed by atoms with Crippen LogP contribution in [0.4, 0.5) is 17.1 Å². The lowest BCUT2D eigenvalue weighted by molar-refractivity contribution is -0.125. The molecular formula is C24H21N5O3. The zero-order valence-electron chi connectivity index (χ0n) is 17.4. The fourth-order valence-corrected chi connectivity index (χ4v) is 4.36. The van der Waals surface area contributed by atoms with Crippen molar-refractivity contribution in [2.45, 2.75) is 25.8 Å². The van der Waals surface area contributed by atoms with Crippen molar-refractivity contribution in [3.8, 4) is 0 Å². The Morgan fingerprint density at radius 1 is 1.16 bits per heavy atom. The van der Waals surface area contributed by atoms with E-state index in [0.717, 1.165) is 38.9 Å². The summed E-state index contributed by atoms with van der Waals surface area (Å²) in [6, 6.07) is 13.3. The second-order valence-electron chi connectivity index (χ2n) is 7.84. The number of H-pyrrole nitrogens is 1. The maximum Gasteiger partial charge on any atom is 0.259 e. The zero-order valence-corrected chi connectivity index (χ0v) is 17.4. The number of rotatable bonds is 7. The molecule has 8 heteroatoms. The number of aromatic nitrogens is 2. The first kappa shape index (κ1) is 19.7. The van der Waals surface area contributed by atoms with Gasteiger partial charge in [0.15, 0.2) is 0 Å². The second-order valence-corrected chi connectivity index (χ2v) is 7.84. The van der Waals surface area contributed by atoms with E-state index in [1.54, 1.807) is 11.1 Å². The molecule has 2 aromatic carbocycles. The Labute approximate surface area is 183 Å². The predicted octanol–water partition coefficient (Wildman–Crippen LogP) is 3.86. The molecule has 1 aliphatic heterocycles. The van der Waals surface area contributed by atoms with Crippen LogP contribution >= 0.6 is 0 Å². The van der Waals surface area contributed by atoms with E-state index in [1.165, 1.54) is 0 Å². The zero-order chi connectivity index (χ0) is 22.2.